The third kappa shape index (κ3) is 16.1. The minimum Gasteiger partial charge on any atom is -0.481 e. The first kappa shape index (κ1) is 47.9. The average molecular weight is 803 g/mol. The van der Waals surface area contributed by atoms with E-state index in [2.05, 4.69) is 26.3 Å². The van der Waals surface area contributed by atoms with Crippen LogP contribution in [0.25, 0.3) is 0 Å². The van der Waals surface area contributed by atoms with E-state index in [-0.39, 0.29) is 38.3 Å². The fourth-order valence-electron chi connectivity index (χ4n) is 5.29. The molecule has 0 aromatic heterocycles. The highest BCUT2D eigenvalue weighted by molar-refractivity contribution is 5.99. The Bertz CT molecular complexity index is 1520. The van der Waals surface area contributed by atoms with Crippen molar-refractivity contribution in [2.24, 2.45) is 33.7 Å². The summed E-state index contributed by atoms with van der Waals surface area (Å²) in [4.78, 5) is 130. The summed E-state index contributed by atoms with van der Waals surface area (Å²) in [6.45, 7) is 0.0629. The van der Waals surface area contributed by atoms with Gasteiger partial charge >= 0.3 is 11.9 Å². The smallest absolute Gasteiger partial charge is 0.328 e. The zero-order valence-electron chi connectivity index (χ0n) is 30.3. The van der Waals surface area contributed by atoms with E-state index < -0.39 is 133 Å². The van der Waals surface area contributed by atoms with Gasteiger partial charge in [0.05, 0.1) is 38.0 Å². The molecule has 0 aromatic rings. The van der Waals surface area contributed by atoms with Gasteiger partial charge in [-0.1, -0.05) is 0 Å². The summed E-state index contributed by atoms with van der Waals surface area (Å²) in [6.07, 6.45) is -4.07. The first-order valence-electron chi connectivity index (χ1n) is 17.0. The number of nitrogens with two attached hydrogens (primary N) is 5. The van der Waals surface area contributed by atoms with Gasteiger partial charge in [-0.15, -0.1) is 0 Å². The van der Waals surface area contributed by atoms with Crippen molar-refractivity contribution in [2.75, 3.05) is 19.7 Å². The zero-order chi connectivity index (χ0) is 42.9. The molecule has 8 atom stereocenters. The van der Waals surface area contributed by atoms with Crippen molar-refractivity contribution >= 4 is 65.2 Å². The molecule has 1 saturated heterocycles. The minimum absolute atomic E-state index is 0.00598. The van der Waals surface area contributed by atoms with Crippen molar-refractivity contribution in [3.63, 3.8) is 0 Å². The van der Waals surface area contributed by atoms with Gasteiger partial charge < -0.3 is 80.6 Å². The molecule has 0 aromatic carbocycles. The van der Waals surface area contributed by atoms with Gasteiger partial charge in [0.15, 0.2) is 5.96 Å². The van der Waals surface area contributed by atoms with Crippen LogP contribution in [-0.2, 0) is 47.9 Å². The summed E-state index contributed by atoms with van der Waals surface area (Å²) in [5.41, 5.74) is 26.7. The molecule has 56 heavy (non-hydrogen) atoms. The van der Waals surface area contributed by atoms with E-state index in [9.17, 15) is 63.3 Å². The normalized spacial score (nSPS) is 17.3. The topological polar surface area (TPSA) is 457 Å². The van der Waals surface area contributed by atoms with Gasteiger partial charge in [0, 0.05) is 13.1 Å². The maximum absolute atomic E-state index is 13.8. The number of carbonyl (C=O) groups excluding carboxylic acids is 8. The van der Waals surface area contributed by atoms with Gasteiger partial charge in [0.25, 0.3) is 0 Å². The van der Waals surface area contributed by atoms with Gasteiger partial charge in [-0.3, -0.25) is 48.1 Å². The molecule has 0 aliphatic carbocycles. The van der Waals surface area contributed by atoms with Crippen LogP contribution < -0.4 is 55.3 Å². The summed E-state index contributed by atoms with van der Waals surface area (Å²) in [7, 11) is 0. The molecule has 19 N–H and O–H groups in total. The van der Waals surface area contributed by atoms with Gasteiger partial charge in [0.2, 0.25) is 47.3 Å². The number of carbonyl (C=O) groups is 10. The van der Waals surface area contributed by atoms with Crippen molar-refractivity contribution < 1.29 is 68.4 Å². The number of carboxylic acid groups (broad SMARTS) is 2. The minimum atomic E-state index is -1.94. The molecule has 0 radical (unpaired) electrons. The number of likely N-dealkylation sites (tertiary alicyclic amines) is 1. The number of nitrogens with zero attached hydrogens (tertiary/aromatic N) is 2. The molecular formula is C30H50N12O14. The van der Waals surface area contributed by atoms with Crippen LogP contribution in [0.5, 0.6) is 0 Å². The number of aliphatic carboxylic acids is 2. The van der Waals surface area contributed by atoms with Crippen LogP contribution >= 0.6 is 0 Å². The maximum atomic E-state index is 13.8. The Hall–Kier alpha value is -6.15. The number of nitrogens with one attached hydrogen (secondary N) is 5. The lowest BCUT2D eigenvalue weighted by Gasteiger charge is -2.30. The van der Waals surface area contributed by atoms with Crippen LogP contribution in [0.3, 0.4) is 0 Å². The first-order chi connectivity index (χ1) is 26.1. The Morgan fingerprint density at radius 2 is 1.29 bits per heavy atom. The highest BCUT2D eigenvalue weighted by Crippen LogP contribution is 2.20. The molecule has 26 nitrogen and oxygen atoms in total. The van der Waals surface area contributed by atoms with Crippen LogP contribution in [0, 0.1) is 0 Å². The summed E-state index contributed by atoms with van der Waals surface area (Å²) in [6, 6.07) is -11.6. The lowest BCUT2D eigenvalue weighted by Crippen LogP contribution is -2.62. The molecule has 1 aliphatic heterocycles. The number of amides is 8. The van der Waals surface area contributed by atoms with E-state index in [1.807, 2.05) is 5.32 Å². The Morgan fingerprint density at radius 1 is 0.750 bits per heavy atom. The van der Waals surface area contributed by atoms with Gasteiger partial charge in [-0.25, -0.2) is 4.79 Å². The Morgan fingerprint density at radius 3 is 1.77 bits per heavy atom. The number of rotatable bonds is 24. The first-order valence-corrected chi connectivity index (χ1v) is 17.0. The summed E-state index contributed by atoms with van der Waals surface area (Å²) in [5, 5.41) is 48.6. The molecular weight excluding hydrogens is 752 g/mol. The number of primary amides is 2. The van der Waals surface area contributed by atoms with Crippen LogP contribution in [0.15, 0.2) is 4.99 Å². The quantitative estimate of drug-likeness (QED) is 0.0245. The van der Waals surface area contributed by atoms with E-state index >= 15 is 0 Å². The van der Waals surface area contributed by atoms with Crippen LogP contribution in [0.4, 0.5) is 0 Å². The zero-order valence-corrected chi connectivity index (χ0v) is 30.3. The standard InChI is InChI=1S/C30H50N12O14/c1-12(44)22(41-25(51)16(10-20(33)46)38-23(49)13(31)8-21(47)48)27(53)39-15(9-19(32)45)24(50)37-14(4-2-6-36-30(34)35)28(54)42-7-3-5-18(42)26(52)40-17(11-43)29(55)56/h12-18,22,43-44H,2-11,31H2,1H3,(H2,32,45)(H2,33,46)(H,37,50)(H,38,49)(H,39,53)(H,40,52)(H,41,51)(H,47,48)(H,55,56)(H4,34,35,36)/t12-,13+,14+,15+,16+,17+,18+,22+/m1/s1. The predicted octanol–water partition coefficient (Wildman–Crippen LogP) is -8.53. The van der Waals surface area contributed by atoms with Crippen molar-refractivity contribution in [3.8, 4) is 0 Å². The SMILES string of the molecule is C[C@@H](O)[C@H](NC(=O)[C@H](CC(N)=O)NC(=O)[C@@H](N)CC(=O)O)C(=O)N[C@@H](CC(N)=O)C(=O)N[C@@H](CCCN=C(N)N)C(=O)N1CCC[C@H]1C(=O)N[C@@H](CO)C(=O)O. The number of hydrogen-bond donors (Lipinski definition) is 14. The van der Waals surface area contributed by atoms with E-state index in [0.29, 0.717) is 6.42 Å². The van der Waals surface area contributed by atoms with E-state index in [1.54, 1.807) is 0 Å². The number of carboxylic acids is 2. The van der Waals surface area contributed by atoms with Crippen LogP contribution in [-0.4, -0.2) is 159 Å². The van der Waals surface area contributed by atoms with E-state index in [0.717, 1.165) is 11.8 Å². The van der Waals surface area contributed by atoms with Crippen molar-refractivity contribution in [1.29, 1.82) is 0 Å². The summed E-state index contributed by atoms with van der Waals surface area (Å²) >= 11 is 0. The fourth-order valence-corrected chi connectivity index (χ4v) is 5.29. The maximum Gasteiger partial charge on any atom is 0.328 e. The van der Waals surface area contributed by atoms with Crippen molar-refractivity contribution in [3.05, 3.63) is 0 Å². The Kier molecular flexibility index (Phi) is 19.6. The summed E-state index contributed by atoms with van der Waals surface area (Å²) < 4.78 is 0. The molecule has 8 amide bonds. The molecule has 1 aliphatic rings. The molecule has 0 bridgehead atoms. The van der Waals surface area contributed by atoms with Gasteiger partial charge in [0.1, 0.15) is 36.3 Å². The second-order valence-electron chi connectivity index (χ2n) is 12.7. The Balaban J connectivity index is 3.34. The lowest BCUT2D eigenvalue weighted by atomic mass is 10.1. The largest absolute Gasteiger partial charge is 0.481 e. The number of aliphatic hydroxyl groups is 2. The summed E-state index contributed by atoms with van der Waals surface area (Å²) in [5.74, 6) is -12.2. The molecule has 0 saturated carbocycles. The van der Waals surface area contributed by atoms with E-state index in [1.165, 1.54) is 0 Å². The molecule has 26 heteroatoms. The molecule has 1 heterocycles. The number of aliphatic imine (C=N–C) groups is 1. The number of hydrogen-bond acceptors (Lipinski definition) is 14. The van der Waals surface area contributed by atoms with Crippen molar-refractivity contribution in [1.82, 2.24) is 31.5 Å². The van der Waals surface area contributed by atoms with Gasteiger partial charge in [-0.2, -0.15) is 0 Å². The third-order valence-electron chi connectivity index (χ3n) is 8.07. The highest BCUT2D eigenvalue weighted by atomic mass is 16.4. The molecule has 314 valence electrons. The lowest BCUT2D eigenvalue weighted by molar-refractivity contribution is -0.145. The number of aliphatic hydroxyl groups excluding tert-OH is 2. The monoisotopic (exact) mass is 802 g/mol. The highest BCUT2D eigenvalue weighted by Gasteiger charge is 2.40. The second kappa shape index (κ2) is 22.9. The third-order valence-corrected chi connectivity index (χ3v) is 8.07. The fraction of sp³-hybridized carbons (Fsp3) is 0.633. The average Bonchev–Trinajstić information content (AvgIpc) is 3.58. The Labute approximate surface area is 318 Å². The van der Waals surface area contributed by atoms with Crippen molar-refractivity contribution in [2.45, 2.75) is 100 Å². The predicted molar refractivity (Wildman–Crippen MR) is 189 cm³/mol. The molecule has 0 unspecified atom stereocenters. The van der Waals surface area contributed by atoms with Crippen LogP contribution in [0.2, 0.25) is 0 Å². The molecule has 1 fully saturated rings. The number of guanidine groups is 1. The molecule has 1 rings (SSSR count). The van der Waals surface area contributed by atoms with Gasteiger partial charge in [-0.05, 0) is 32.6 Å². The van der Waals surface area contributed by atoms with Crippen LogP contribution in [0.1, 0.15) is 51.9 Å². The molecule has 0 spiro atoms. The van der Waals surface area contributed by atoms with E-state index in [4.69, 9.17) is 33.8 Å². The second-order valence-corrected chi connectivity index (χ2v) is 12.7.